The van der Waals surface area contributed by atoms with Crippen LogP contribution in [0.2, 0.25) is 0 Å². The molecule has 0 rings (SSSR count). The van der Waals surface area contributed by atoms with Crippen molar-refractivity contribution < 1.29 is 17.8 Å². The van der Waals surface area contributed by atoms with Crippen LogP contribution in [-0.4, -0.2) is 31.2 Å². The van der Waals surface area contributed by atoms with E-state index in [-0.39, 0.29) is 12.5 Å². The smallest absolute Gasteiger partial charge is 0.266 e. The monoisotopic (exact) mass is 385 g/mol. The summed E-state index contributed by atoms with van der Waals surface area (Å²) in [5, 5.41) is 2.48. The molecule has 0 saturated heterocycles. The van der Waals surface area contributed by atoms with Crippen LogP contribution in [0.15, 0.2) is 36.5 Å². The molecule has 0 aromatic carbocycles. The standard InChI is InChI=1S/C20H35NO4S/c1-2-3-4-5-6-7-8-9-10-11-12-13-14-15-16-17-20(22)21-18-19-26(23,24)25/h6-7,9-10,12-13H,2-5,8,11,14-19H2,1H3,(H,21,22)(H,23,24,25). The lowest BCUT2D eigenvalue weighted by Crippen LogP contribution is -2.28. The Kier molecular flexibility index (Phi) is 16.1. The first-order valence-corrected chi connectivity index (χ1v) is 11.2. The van der Waals surface area contributed by atoms with Gasteiger partial charge in [-0.3, -0.25) is 9.35 Å². The molecule has 0 bridgehead atoms. The highest BCUT2D eigenvalue weighted by atomic mass is 32.2. The van der Waals surface area contributed by atoms with Gasteiger partial charge in [0.25, 0.3) is 10.1 Å². The summed E-state index contributed by atoms with van der Waals surface area (Å²) < 4.78 is 29.6. The Bertz CT molecular complexity index is 536. The molecule has 0 unspecified atom stereocenters. The van der Waals surface area contributed by atoms with E-state index in [0.29, 0.717) is 6.42 Å². The summed E-state index contributed by atoms with van der Waals surface area (Å²) >= 11 is 0. The molecule has 5 nitrogen and oxygen atoms in total. The summed E-state index contributed by atoms with van der Waals surface area (Å²) in [6, 6.07) is 0. The van der Waals surface area contributed by atoms with E-state index in [4.69, 9.17) is 4.55 Å². The van der Waals surface area contributed by atoms with E-state index in [1.807, 2.05) is 0 Å². The van der Waals surface area contributed by atoms with Crippen LogP contribution in [0.5, 0.6) is 0 Å². The van der Waals surface area contributed by atoms with E-state index >= 15 is 0 Å². The number of carbonyl (C=O) groups is 1. The van der Waals surface area contributed by atoms with Gasteiger partial charge in [0.1, 0.15) is 0 Å². The molecule has 0 aromatic heterocycles. The molecule has 0 aliphatic heterocycles. The fraction of sp³-hybridized carbons (Fsp3) is 0.650. The van der Waals surface area contributed by atoms with Gasteiger partial charge in [0, 0.05) is 13.0 Å². The molecule has 0 atom stereocenters. The molecular weight excluding hydrogens is 350 g/mol. The van der Waals surface area contributed by atoms with Crippen molar-refractivity contribution >= 4 is 16.0 Å². The summed E-state index contributed by atoms with van der Waals surface area (Å²) in [6.45, 7) is 2.17. The first-order valence-electron chi connectivity index (χ1n) is 9.62. The lowest BCUT2D eigenvalue weighted by Gasteiger charge is -2.03. The maximum atomic E-state index is 11.4. The normalized spacial score (nSPS) is 12.5. The molecule has 0 saturated carbocycles. The number of amides is 1. The topological polar surface area (TPSA) is 83.5 Å². The third-order valence-corrected chi connectivity index (χ3v) is 4.45. The van der Waals surface area contributed by atoms with Crippen molar-refractivity contribution in [1.82, 2.24) is 5.32 Å². The van der Waals surface area contributed by atoms with Gasteiger partial charge in [-0.15, -0.1) is 0 Å². The highest BCUT2D eigenvalue weighted by Gasteiger charge is 2.05. The van der Waals surface area contributed by atoms with Gasteiger partial charge in [0.05, 0.1) is 5.75 Å². The summed E-state index contributed by atoms with van der Waals surface area (Å²) in [6.07, 6.45) is 23.0. The summed E-state index contributed by atoms with van der Waals surface area (Å²) in [5.74, 6) is -0.618. The summed E-state index contributed by atoms with van der Waals surface area (Å²) in [4.78, 5) is 11.4. The maximum Gasteiger partial charge on any atom is 0.266 e. The van der Waals surface area contributed by atoms with Gasteiger partial charge in [-0.1, -0.05) is 56.2 Å². The van der Waals surface area contributed by atoms with E-state index in [0.717, 1.165) is 32.1 Å². The molecule has 150 valence electrons. The van der Waals surface area contributed by atoms with Crippen LogP contribution >= 0.6 is 0 Å². The molecule has 0 aromatic rings. The molecule has 0 heterocycles. The number of hydrogen-bond acceptors (Lipinski definition) is 3. The molecule has 0 fully saturated rings. The Morgan fingerprint density at radius 3 is 1.96 bits per heavy atom. The molecule has 6 heteroatoms. The SMILES string of the molecule is CCCCCC=CCC=CCC=CCCCCC(=O)NCCS(=O)(=O)O. The fourth-order valence-corrected chi connectivity index (χ4v) is 2.61. The van der Waals surface area contributed by atoms with E-state index in [9.17, 15) is 13.2 Å². The van der Waals surface area contributed by atoms with E-state index in [1.165, 1.54) is 25.7 Å². The summed E-state index contributed by atoms with van der Waals surface area (Å²) in [5.41, 5.74) is 0. The second-order valence-electron chi connectivity index (χ2n) is 6.26. The minimum Gasteiger partial charge on any atom is -0.355 e. The first-order chi connectivity index (χ1) is 12.5. The second kappa shape index (κ2) is 17.0. The molecule has 1 amide bonds. The van der Waals surface area contributed by atoms with Crippen LogP contribution in [0, 0.1) is 0 Å². The number of hydrogen-bond donors (Lipinski definition) is 2. The first kappa shape index (κ1) is 24.6. The summed E-state index contributed by atoms with van der Waals surface area (Å²) in [7, 11) is -4.00. The van der Waals surface area contributed by atoms with Crippen LogP contribution in [0.4, 0.5) is 0 Å². The fourth-order valence-electron chi connectivity index (χ4n) is 2.25. The van der Waals surface area contributed by atoms with Crippen LogP contribution in [0.1, 0.15) is 71.1 Å². The van der Waals surface area contributed by atoms with Crippen molar-refractivity contribution in [2.24, 2.45) is 0 Å². The minimum atomic E-state index is -4.00. The van der Waals surface area contributed by atoms with Gasteiger partial charge in [0.2, 0.25) is 5.91 Å². The van der Waals surface area contributed by atoms with Gasteiger partial charge in [-0.2, -0.15) is 8.42 Å². The number of nitrogens with one attached hydrogen (secondary N) is 1. The van der Waals surface area contributed by atoms with Crippen LogP contribution in [0.3, 0.4) is 0 Å². The number of allylic oxidation sites excluding steroid dienone is 6. The van der Waals surface area contributed by atoms with Gasteiger partial charge in [-0.05, 0) is 44.9 Å². The van der Waals surface area contributed by atoms with Crippen molar-refractivity contribution in [1.29, 1.82) is 0 Å². The Labute approximate surface area is 159 Å². The largest absolute Gasteiger partial charge is 0.355 e. The van der Waals surface area contributed by atoms with Crippen molar-refractivity contribution in [3.63, 3.8) is 0 Å². The second-order valence-corrected chi connectivity index (χ2v) is 7.84. The number of unbranched alkanes of at least 4 members (excludes halogenated alkanes) is 5. The number of rotatable bonds is 16. The Morgan fingerprint density at radius 1 is 0.885 bits per heavy atom. The Morgan fingerprint density at radius 2 is 1.42 bits per heavy atom. The lowest BCUT2D eigenvalue weighted by molar-refractivity contribution is -0.121. The third kappa shape index (κ3) is 20.6. The van der Waals surface area contributed by atoms with Crippen molar-refractivity contribution in [3.8, 4) is 0 Å². The molecular formula is C20H35NO4S. The number of carbonyl (C=O) groups excluding carboxylic acids is 1. The lowest BCUT2D eigenvalue weighted by atomic mass is 10.1. The average molecular weight is 386 g/mol. The quantitative estimate of drug-likeness (QED) is 0.231. The van der Waals surface area contributed by atoms with Crippen LogP contribution in [-0.2, 0) is 14.9 Å². The highest BCUT2D eigenvalue weighted by Crippen LogP contribution is 2.03. The van der Waals surface area contributed by atoms with Gasteiger partial charge >= 0.3 is 0 Å². The zero-order valence-corrected chi connectivity index (χ0v) is 16.8. The van der Waals surface area contributed by atoms with Crippen molar-refractivity contribution in [3.05, 3.63) is 36.5 Å². The molecule has 0 aliphatic rings. The van der Waals surface area contributed by atoms with Crippen molar-refractivity contribution in [2.75, 3.05) is 12.3 Å². The van der Waals surface area contributed by atoms with E-state index < -0.39 is 15.9 Å². The molecule has 0 aliphatic carbocycles. The van der Waals surface area contributed by atoms with Crippen molar-refractivity contribution in [2.45, 2.75) is 71.1 Å². The molecule has 2 N–H and O–H groups in total. The van der Waals surface area contributed by atoms with Gasteiger partial charge in [0.15, 0.2) is 0 Å². The van der Waals surface area contributed by atoms with Crippen LogP contribution in [0.25, 0.3) is 0 Å². The molecule has 0 spiro atoms. The van der Waals surface area contributed by atoms with Gasteiger partial charge in [-0.25, -0.2) is 0 Å². The van der Waals surface area contributed by atoms with Gasteiger partial charge < -0.3 is 5.32 Å². The minimum absolute atomic E-state index is 0.0438. The van der Waals surface area contributed by atoms with Crippen LogP contribution < -0.4 is 5.32 Å². The molecule has 0 radical (unpaired) electrons. The molecule has 26 heavy (non-hydrogen) atoms. The highest BCUT2D eigenvalue weighted by molar-refractivity contribution is 7.85. The third-order valence-electron chi connectivity index (χ3n) is 3.73. The predicted molar refractivity (Wildman–Crippen MR) is 109 cm³/mol. The Hall–Kier alpha value is -1.40. The average Bonchev–Trinajstić information content (AvgIpc) is 2.57. The predicted octanol–water partition coefficient (Wildman–Crippen LogP) is 4.58. The van der Waals surface area contributed by atoms with E-state index in [2.05, 4.69) is 48.7 Å². The zero-order chi connectivity index (χ0) is 19.5. The zero-order valence-electron chi connectivity index (χ0n) is 16.0. The maximum absolute atomic E-state index is 11.4. The van der Waals surface area contributed by atoms with E-state index in [1.54, 1.807) is 0 Å². The Balaban J connectivity index is 3.47.